The second-order valence-corrected chi connectivity index (χ2v) is 6.69. The van der Waals surface area contributed by atoms with Crippen LogP contribution in [-0.4, -0.2) is 30.2 Å². The van der Waals surface area contributed by atoms with Gasteiger partial charge in [0.25, 0.3) is 0 Å². The predicted octanol–water partition coefficient (Wildman–Crippen LogP) is 4.02. The molecule has 0 radical (unpaired) electrons. The Morgan fingerprint density at radius 1 is 0.750 bits per heavy atom. The quantitative estimate of drug-likeness (QED) is 0.235. The number of ether oxygens (including phenoxy) is 1. The topological polar surface area (TPSA) is 61.3 Å². The minimum atomic E-state index is 0.260. The summed E-state index contributed by atoms with van der Waals surface area (Å²) in [7, 11) is 0. The third-order valence-electron chi connectivity index (χ3n) is 3.57. The van der Waals surface area contributed by atoms with Gasteiger partial charge >= 0.3 is 0 Å². The van der Waals surface area contributed by atoms with E-state index in [1.165, 1.54) is 55.8 Å². The number of nitrogens with two attached hydrogens (primary N) is 2. The molecule has 122 valence electrons. The number of unbranched alkanes of at least 4 members (excludes halogenated alkanes) is 7. The Balaban J connectivity index is 2.99. The van der Waals surface area contributed by atoms with Crippen molar-refractivity contribution in [1.82, 2.24) is 0 Å². The zero-order chi connectivity index (χ0) is 14.9. The maximum atomic E-state index is 5.89. The standard InChI is InChI=1S/C16H35IN2O/c17-12-7-5-3-1-2-4-6-8-14-20-15-9-10-16(19)11-13-18/h16H,1-15,18-19H2. The average molecular weight is 398 g/mol. The molecule has 20 heavy (non-hydrogen) atoms. The van der Waals surface area contributed by atoms with Gasteiger partial charge in [0.15, 0.2) is 0 Å². The highest BCUT2D eigenvalue weighted by atomic mass is 127. The third kappa shape index (κ3) is 16.7. The van der Waals surface area contributed by atoms with Gasteiger partial charge in [0.05, 0.1) is 0 Å². The number of hydrogen-bond acceptors (Lipinski definition) is 3. The Bertz CT molecular complexity index is 182. The van der Waals surface area contributed by atoms with Gasteiger partial charge in [-0.25, -0.2) is 0 Å². The first-order chi connectivity index (χ1) is 9.81. The molecule has 0 aromatic carbocycles. The highest BCUT2D eigenvalue weighted by molar-refractivity contribution is 14.1. The molecule has 0 saturated carbocycles. The smallest absolute Gasteiger partial charge is 0.0466 e. The maximum Gasteiger partial charge on any atom is 0.0466 e. The normalized spacial score (nSPS) is 12.8. The zero-order valence-corrected chi connectivity index (χ0v) is 15.3. The first-order valence-corrected chi connectivity index (χ1v) is 9.93. The minimum absolute atomic E-state index is 0.260. The lowest BCUT2D eigenvalue weighted by molar-refractivity contribution is 0.124. The van der Waals surface area contributed by atoms with Gasteiger partial charge in [-0.3, -0.25) is 0 Å². The average Bonchev–Trinajstić information content (AvgIpc) is 2.44. The summed E-state index contributed by atoms with van der Waals surface area (Å²) < 4.78 is 6.95. The Morgan fingerprint density at radius 3 is 1.90 bits per heavy atom. The lowest BCUT2D eigenvalue weighted by atomic mass is 10.1. The molecule has 0 spiro atoms. The van der Waals surface area contributed by atoms with E-state index >= 15 is 0 Å². The highest BCUT2D eigenvalue weighted by Gasteiger charge is 2.00. The van der Waals surface area contributed by atoms with Gasteiger partial charge in [-0.2, -0.15) is 0 Å². The van der Waals surface area contributed by atoms with Crippen LogP contribution < -0.4 is 11.5 Å². The van der Waals surface area contributed by atoms with E-state index in [4.69, 9.17) is 16.2 Å². The molecule has 0 fully saturated rings. The van der Waals surface area contributed by atoms with Crippen LogP contribution in [0.5, 0.6) is 0 Å². The predicted molar refractivity (Wildman–Crippen MR) is 97.5 cm³/mol. The maximum absolute atomic E-state index is 5.89. The molecular formula is C16H35IN2O. The van der Waals surface area contributed by atoms with E-state index in [1.807, 2.05) is 0 Å². The van der Waals surface area contributed by atoms with Gasteiger partial charge in [0.2, 0.25) is 0 Å². The van der Waals surface area contributed by atoms with Crippen LogP contribution in [0.25, 0.3) is 0 Å². The largest absolute Gasteiger partial charge is 0.381 e. The van der Waals surface area contributed by atoms with E-state index in [0.29, 0.717) is 6.54 Å². The van der Waals surface area contributed by atoms with Crippen LogP contribution in [0.4, 0.5) is 0 Å². The van der Waals surface area contributed by atoms with Crippen molar-refractivity contribution in [2.75, 3.05) is 24.2 Å². The van der Waals surface area contributed by atoms with E-state index < -0.39 is 0 Å². The summed E-state index contributed by atoms with van der Waals surface area (Å²) in [6, 6.07) is 0.260. The fraction of sp³-hybridized carbons (Fsp3) is 1.00. The fourth-order valence-electron chi connectivity index (χ4n) is 2.27. The summed E-state index contributed by atoms with van der Waals surface area (Å²) in [5.74, 6) is 0. The van der Waals surface area contributed by atoms with Crippen LogP contribution in [0.3, 0.4) is 0 Å². The van der Waals surface area contributed by atoms with Crippen LogP contribution in [0.15, 0.2) is 0 Å². The molecule has 0 aliphatic heterocycles. The SMILES string of the molecule is NCCC(N)CCCOCCCCCCCCCCI. The Hall–Kier alpha value is 0.610. The van der Waals surface area contributed by atoms with Gasteiger partial charge in [0, 0.05) is 19.3 Å². The molecule has 0 aliphatic rings. The molecule has 0 heterocycles. The van der Waals surface area contributed by atoms with Crippen molar-refractivity contribution in [1.29, 1.82) is 0 Å². The minimum Gasteiger partial charge on any atom is -0.381 e. The van der Waals surface area contributed by atoms with Gasteiger partial charge in [-0.15, -0.1) is 0 Å². The van der Waals surface area contributed by atoms with Crippen molar-refractivity contribution in [3.8, 4) is 0 Å². The second kappa shape index (κ2) is 17.7. The Kier molecular flexibility index (Phi) is 18.2. The molecule has 0 saturated heterocycles. The summed E-state index contributed by atoms with van der Waals surface area (Å²) in [4.78, 5) is 0. The van der Waals surface area contributed by atoms with Gasteiger partial charge in [0.1, 0.15) is 0 Å². The molecular weight excluding hydrogens is 363 g/mol. The number of hydrogen-bond donors (Lipinski definition) is 2. The van der Waals surface area contributed by atoms with Crippen molar-refractivity contribution < 1.29 is 4.74 Å². The van der Waals surface area contributed by atoms with Crippen molar-refractivity contribution >= 4 is 22.6 Å². The molecule has 1 unspecified atom stereocenters. The van der Waals surface area contributed by atoms with Crippen molar-refractivity contribution in [3.63, 3.8) is 0 Å². The molecule has 4 N–H and O–H groups in total. The molecule has 0 aliphatic carbocycles. The van der Waals surface area contributed by atoms with E-state index in [1.54, 1.807) is 0 Å². The monoisotopic (exact) mass is 398 g/mol. The van der Waals surface area contributed by atoms with Crippen LogP contribution in [0.1, 0.15) is 70.6 Å². The summed E-state index contributed by atoms with van der Waals surface area (Å²) >= 11 is 2.46. The Labute approximate surface area is 139 Å². The summed E-state index contributed by atoms with van der Waals surface area (Å²) in [6.07, 6.45) is 14.0. The summed E-state index contributed by atoms with van der Waals surface area (Å²) in [5.41, 5.74) is 11.3. The number of halogens is 1. The lowest BCUT2D eigenvalue weighted by Gasteiger charge is -2.09. The van der Waals surface area contributed by atoms with E-state index in [-0.39, 0.29) is 6.04 Å². The van der Waals surface area contributed by atoms with Crippen LogP contribution in [-0.2, 0) is 4.74 Å². The van der Waals surface area contributed by atoms with Gasteiger partial charge in [-0.05, 0) is 43.1 Å². The molecule has 0 amide bonds. The van der Waals surface area contributed by atoms with Crippen LogP contribution in [0.2, 0.25) is 0 Å². The zero-order valence-electron chi connectivity index (χ0n) is 13.1. The molecule has 1 atom stereocenters. The van der Waals surface area contributed by atoms with E-state index in [2.05, 4.69) is 22.6 Å². The van der Waals surface area contributed by atoms with Crippen molar-refractivity contribution in [3.05, 3.63) is 0 Å². The Morgan fingerprint density at radius 2 is 1.30 bits per heavy atom. The third-order valence-corrected chi connectivity index (χ3v) is 4.34. The van der Waals surface area contributed by atoms with Gasteiger partial charge in [-0.1, -0.05) is 61.1 Å². The summed E-state index contributed by atoms with van der Waals surface area (Å²) in [5, 5.41) is 0. The summed E-state index contributed by atoms with van der Waals surface area (Å²) in [6.45, 7) is 2.47. The van der Waals surface area contributed by atoms with Crippen molar-refractivity contribution in [2.45, 2.75) is 76.7 Å². The van der Waals surface area contributed by atoms with Crippen LogP contribution >= 0.6 is 22.6 Å². The molecule has 0 rings (SSSR count). The molecule has 0 aromatic heterocycles. The molecule has 0 aromatic rings. The lowest BCUT2D eigenvalue weighted by Crippen LogP contribution is -2.23. The number of alkyl halides is 1. The second-order valence-electron chi connectivity index (χ2n) is 5.61. The van der Waals surface area contributed by atoms with E-state index in [9.17, 15) is 0 Å². The highest BCUT2D eigenvalue weighted by Crippen LogP contribution is 2.09. The fourth-order valence-corrected chi connectivity index (χ4v) is 2.81. The van der Waals surface area contributed by atoms with E-state index in [0.717, 1.165) is 32.5 Å². The first kappa shape index (κ1) is 20.6. The first-order valence-electron chi connectivity index (χ1n) is 8.40. The van der Waals surface area contributed by atoms with Crippen LogP contribution in [0, 0.1) is 0 Å². The molecule has 0 bridgehead atoms. The molecule has 3 nitrogen and oxygen atoms in total. The molecule has 4 heteroatoms. The number of rotatable bonds is 16. The van der Waals surface area contributed by atoms with Gasteiger partial charge < -0.3 is 16.2 Å². The van der Waals surface area contributed by atoms with Crippen molar-refractivity contribution in [2.24, 2.45) is 11.5 Å².